The molecule has 3 aromatic carbocycles. The molecular formula is C24H23ClN2O2. The van der Waals surface area contributed by atoms with Gasteiger partial charge < -0.3 is 14.4 Å². The van der Waals surface area contributed by atoms with Gasteiger partial charge in [0.1, 0.15) is 17.7 Å². The Hall–Kier alpha value is -2.98. The molecule has 0 aliphatic carbocycles. The van der Waals surface area contributed by atoms with Gasteiger partial charge in [-0.15, -0.1) is 0 Å². The number of nitrogens with zero attached hydrogens (tertiary/aromatic N) is 2. The van der Waals surface area contributed by atoms with E-state index in [1.807, 2.05) is 48.5 Å². The fourth-order valence-corrected chi connectivity index (χ4v) is 3.84. The van der Waals surface area contributed by atoms with E-state index in [2.05, 4.69) is 36.1 Å². The lowest BCUT2D eigenvalue weighted by Gasteiger charge is -2.30. The Balaban J connectivity index is 1.76. The van der Waals surface area contributed by atoms with Gasteiger partial charge in [0.2, 0.25) is 0 Å². The molecule has 0 radical (unpaired) electrons. The molecule has 1 aliphatic rings. The normalized spacial score (nSPS) is 18.5. The summed E-state index contributed by atoms with van der Waals surface area (Å²) in [6, 6.07) is 24.2. The zero-order valence-corrected chi connectivity index (χ0v) is 17.4. The van der Waals surface area contributed by atoms with Gasteiger partial charge in [-0.3, -0.25) is 4.99 Å². The Morgan fingerprint density at radius 1 is 0.793 bits per heavy atom. The van der Waals surface area contributed by atoms with Gasteiger partial charge >= 0.3 is 0 Å². The van der Waals surface area contributed by atoms with Crippen molar-refractivity contribution in [3.05, 3.63) is 88.9 Å². The summed E-state index contributed by atoms with van der Waals surface area (Å²) in [5, 5.41) is 0.720. The highest BCUT2D eigenvalue weighted by Crippen LogP contribution is 2.38. The van der Waals surface area contributed by atoms with E-state index in [4.69, 9.17) is 26.1 Å². The van der Waals surface area contributed by atoms with Crippen LogP contribution in [-0.2, 0) is 0 Å². The molecule has 2 atom stereocenters. The molecule has 5 heteroatoms. The second-order valence-corrected chi connectivity index (χ2v) is 7.39. The molecule has 0 N–H and O–H groups in total. The average Bonchev–Trinajstić information content (AvgIpc) is 3.11. The average molecular weight is 407 g/mol. The molecule has 0 bridgehead atoms. The highest BCUT2D eigenvalue weighted by atomic mass is 35.5. The first-order valence-electron chi connectivity index (χ1n) is 9.50. The molecule has 4 rings (SSSR count). The van der Waals surface area contributed by atoms with Crippen LogP contribution in [-0.4, -0.2) is 26.0 Å². The molecule has 29 heavy (non-hydrogen) atoms. The summed E-state index contributed by atoms with van der Waals surface area (Å²) in [5.41, 5.74) is 4.32. The Morgan fingerprint density at radius 3 is 1.90 bits per heavy atom. The second-order valence-electron chi connectivity index (χ2n) is 6.95. The first-order chi connectivity index (χ1) is 14.1. The SMILES string of the molecule is COc1ccc(C2=NC(c3ccc(OC)cc3)N(c3ccc(Cl)cc3)C2C)cc1. The summed E-state index contributed by atoms with van der Waals surface area (Å²) < 4.78 is 10.6. The highest BCUT2D eigenvalue weighted by molar-refractivity contribution is 6.30. The number of ether oxygens (including phenoxy) is 2. The van der Waals surface area contributed by atoms with E-state index in [1.54, 1.807) is 14.2 Å². The maximum Gasteiger partial charge on any atom is 0.148 e. The third-order valence-corrected chi connectivity index (χ3v) is 5.51. The van der Waals surface area contributed by atoms with Crippen molar-refractivity contribution in [3.8, 4) is 11.5 Å². The summed E-state index contributed by atoms with van der Waals surface area (Å²) in [4.78, 5) is 7.45. The summed E-state index contributed by atoms with van der Waals surface area (Å²) in [6.07, 6.45) is -0.130. The fraction of sp³-hybridized carbons (Fsp3) is 0.208. The van der Waals surface area contributed by atoms with Crippen molar-refractivity contribution >= 4 is 23.0 Å². The van der Waals surface area contributed by atoms with Crippen LogP contribution in [0.3, 0.4) is 0 Å². The number of rotatable bonds is 5. The van der Waals surface area contributed by atoms with Gasteiger partial charge in [0.05, 0.1) is 26.0 Å². The zero-order chi connectivity index (χ0) is 20.4. The Bertz CT molecular complexity index is 999. The van der Waals surface area contributed by atoms with Crippen LogP contribution >= 0.6 is 11.6 Å². The molecular weight excluding hydrogens is 384 g/mol. The van der Waals surface area contributed by atoms with Gasteiger partial charge in [-0.1, -0.05) is 23.7 Å². The number of hydrogen-bond acceptors (Lipinski definition) is 4. The molecule has 0 saturated heterocycles. The van der Waals surface area contributed by atoms with Crippen molar-refractivity contribution < 1.29 is 9.47 Å². The molecule has 0 spiro atoms. The van der Waals surface area contributed by atoms with Crippen LogP contribution in [0.2, 0.25) is 5.02 Å². The monoisotopic (exact) mass is 406 g/mol. The van der Waals surface area contributed by atoms with E-state index >= 15 is 0 Å². The predicted molar refractivity (Wildman–Crippen MR) is 119 cm³/mol. The summed E-state index contributed by atoms with van der Waals surface area (Å²) >= 11 is 6.12. The molecule has 1 heterocycles. The number of hydrogen-bond donors (Lipinski definition) is 0. The van der Waals surface area contributed by atoms with Crippen molar-refractivity contribution in [1.82, 2.24) is 0 Å². The number of anilines is 1. The minimum atomic E-state index is -0.130. The van der Waals surface area contributed by atoms with Gasteiger partial charge in [0, 0.05) is 10.7 Å². The minimum Gasteiger partial charge on any atom is -0.497 e. The van der Waals surface area contributed by atoms with E-state index in [1.165, 1.54) is 0 Å². The number of aliphatic imine (C=N–C) groups is 1. The van der Waals surface area contributed by atoms with Crippen molar-refractivity contribution in [1.29, 1.82) is 0 Å². The zero-order valence-electron chi connectivity index (χ0n) is 16.7. The van der Waals surface area contributed by atoms with Crippen LogP contribution in [0.5, 0.6) is 11.5 Å². The van der Waals surface area contributed by atoms with Crippen LogP contribution in [0.25, 0.3) is 0 Å². The number of benzene rings is 3. The van der Waals surface area contributed by atoms with Crippen LogP contribution in [0.4, 0.5) is 5.69 Å². The van der Waals surface area contributed by atoms with Crippen molar-refractivity contribution in [2.24, 2.45) is 4.99 Å². The van der Waals surface area contributed by atoms with Gasteiger partial charge in [0.25, 0.3) is 0 Å². The van der Waals surface area contributed by atoms with Gasteiger partial charge in [-0.05, 0) is 78.7 Å². The van der Waals surface area contributed by atoms with E-state index in [0.717, 1.165) is 39.0 Å². The maximum absolute atomic E-state index is 6.12. The van der Waals surface area contributed by atoms with Gasteiger partial charge in [-0.2, -0.15) is 0 Å². The first kappa shape index (κ1) is 19.3. The molecule has 0 saturated carbocycles. The Kier molecular flexibility index (Phi) is 5.45. The van der Waals surface area contributed by atoms with E-state index < -0.39 is 0 Å². The van der Waals surface area contributed by atoms with Crippen LogP contribution in [0.1, 0.15) is 24.2 Å². The summed E-state index contributed by atoms with van der Waals surface area (Å²) in [6.45, 7) is 2.18. The van der Waals surface area contributed by atoms with Gasteiger partial charge in [-0.25, -0.2) is 0 Å². The van der Waals surface area contributed by atoms with E-state index in [9.17, 15) is 0 Å². The lowest BCUT2D eigenvalue weighted by molar-refractivity contribution is 0.414. The second kappa shape index (κ2) is 8.18. The largest absolute Gasteiger partial charge is 0.497 e. The molecule has 2 unspecified atom stereocenters. The molecule has 4 nitrogen and oxygen atoms in total. The quantitative estimate of drug-likeness (QED) is 0.540. The first-order valence-corrected chi connectivity index (χ1v) is 9.88. The van der Waals surface area contributed by atoms with Crippen molar-refractivity contribution in [2.45, 2.75) is 19.1 Å². The lowest BCUT2D eigenvalue weighted by atomic mass is 10.0. The van der Waals surface area contributed by atoms with Crippen molar-refractivity contribution in [3.63, 3.8) is 0 Å². The van der Waals surface area contributed by atoms with E-state index in [0.29, 0.717) is 0 Å². The number of methoxy groups -OCH3 is 2. The molecule has 0 fully saturated rings. The third-order valence-electron chi connectivity index (χ3n) is 5.26. The third kappa shape index (κ3) is 3.81. The fourth-order valence-electron chi connectivity index (χ4n) is 3.71. The van der Waals surface area contributed by atoms with Crippen LogP contribution in [0.15, 0.2) is 77.8 Å². The van der Waals surface area contributed by atoms with Crippen molar-refractivity contribution in [2.75, 3.05) is 19.1 Å². The Labute approximate surface area is 176 Å². The minimum absolute atomic E-state index is 0.0941. The predicted octanol–water partition coefficient (Wildman–Crippen LogP) is 5.75. The topological polar surface area (TPSA) is 34.1 Å². The van der Waals surface area contributed by atoms with Gasteiger partial charge in [0.15, 0.2) is 0 Å². The standard InChI is InChI=1S/C24H23ClN2O2/c1-16-23(17-4-12-21(28-2)13-5-17)26-24(18-6-14-22(29-3)15-7-18)27(16)20-10-8-19(25)9-11-20/h4-16,24H,1-3H3. The highest BCUT2D eigenvalue weighted by Gasteiger charge is 2.35. The maximum atomic E-state index is 6.12. The molecule has 0 aromatic heterocycles. The van der Waals surface area contributed by atoms with Crippen LogP contribution in [0, 0.1) is 0 Å². The summed E-state index contributed by atoms with van der Waals surface area (Å²) in [5.74, 6) is 1.67. The van der Waals surface area contributed by atoms with Crippen LogP contribution < -0.4 is 14.4 Å². The molecule has 148 valence electrons. The smallest absolute Gasteiger partial charge is 0.148 e. The summed E-state index contributed by atoms with van der Waals surface area (Å²) in [7, 11) is 3.35. The lowest BCUT2D eigenvalue weighted by Crippen LogP contribution is -2.35. The number of halogens is 1. The molecule has 1 aliphatic heterocycles. The van der Waals surface area contributed by atoms with E-state index in [-0.39, 0.29) is 12.2 Å². The molecule has 0 amide bonds. The molecule has 3 aromatic rings. The Morgan fingerprint density at radius 2 is 1.34 bits per heavy atom.